The summed E-state index contributed by atoms with van der Waals surface area (Å²) in [6.07, 6.45) is 0.769. The Morgan fingerprint density at radius 3 is 2.52 bits per heavy atom. The Bertz CT molecular complexity index is 456. The third-order valence-corrected chi connectivity index (χ3v) is 4.16. The molecule has 1 aromatic rings. The molecule has 21 heavy (non-hydrogen) atoms. The molecular formula is C14H20N2O4S. The molecule has 6 nitrogen and oxygen atoms in total. The summed E-state index contributed by atoms with van der Waals surface area (Å²) in [7, 11) is 0. The lowest BCUT2D eigenvalue weighted by atomic mass is 10.2. The van der Waals surface area contributed by atoms with E-state index in [0.717, 1.165) is 5.56 Å². The van der Waals surface area contributed by atoms with E-state index in [1.165, 1.54) is 0 Å². The summed E-state index contributed by atoms with van der Waals surface area (Å²) in [4.78, 5) is 20.5. The van der Waals surface area contributed by atoms with Gasteiger partial charge in [-0.05, 0) is 17.6 Å². The Morgan fingerprint density at radius 1 is 1.43 bits per heavy atom. The van der Waals surface area contributed by atoms with Gasteiger partial charge < -0.3 is 20.7 Å². The quantitative estimate of drug-likeness (QED) is 0.674. The molecule has 1 amide bonds. The zero-order chi connectivity index (χ0) is 15.7. The Labute approximate surface area is 126 Å². The van der Waals surface area contributed by atoms with Crippen molar-refractivity contribution in [1.82, 2.24) is 5.32 Å². The smallest absolute Gasteiger partial charge is 0.326 e. The van der Waals surface area contributed by atoms with Gasteiger partial charge in [0.15, 0.2) is 0 Å². The first kappa shape index (κ1) is 17.5. The largest absolute Gasteiger partial charge is 0.616 e. The number of carbonyl (C=O) groups excluding carboxylic acids is 1. The highest BCUT2D eigenvalue weighted by molar-refractivity contribution is 7.90. The molecule has 0 aromatic heterocycles. The third-order valence-electron chi connectivity index (χ3n) is 2.81. The second-order valence-electron chi connectivity index (χ2n) is 4.56. The molecule has 1 saturated heterocycles. The van der Waals surface area contributed by atoms with Crippen molar-refractivity contribution in [2.24, 2.45) is 5.73 Å². The molecule has 0 aliphatic carbocycles. The van der Waals surface area contributed by atoms with E-state index in [2.05, 4.69) is 5.32 Å². The molecule has 4 N–H and O–H groups in total. The minimum absolute atomic E-state index is 0.164. The Kier molecular flexibility index (Phi) is 7.81. The van der Waals surface area contributed by atoms with E-state index in [-0.39, 0.29) is 5.91 Å². The van der Waals surface area contributed by atoms with Gasteiger partial charge in [-0.25, -0.2) is 4.79 Å². The molecule has 2 rings (SSSR count). The molecule has 1 aromatic carbocycles. The van der Waals surface area contributed by atoms with Crippen LogP contribution in [0.4, 0.5) is 0 Å². The van der Waals surface area contributed by atoms with E-state index in [9.17, 15) is 14.1 Å². The van der Waals surface area contributed by atoms with Gasteiger partial charge in [0, 0.05) is 18.5 Å². The Balaban J connectivity index is 0.000000219. The van der Waals surface area contributed by atoms with E-state index in [1.807, 2.05) is 30.3 Å². The van der Waals surface area contributed by atoms with Gasteiger partial charge in [0.1, 0.15) is 17.5 Å². The number of benzene rings is 1. The number of carbonyl (C=O) groups is 2. The maximum absolute atomic E-state index is 11.2. The van der Waals surface area contributed by atoms with Gasteiger partial charge >= 0.3 is 5.97 Å². The topological polar surface area (TPSA) is 115 Å². The summed E-state index contributed by atoms with van der Waals surface area (Å²) in [5.41, 5.74) is 6.41. The average molecular weight is 312 g/mol. The van der Waals surface area contributed by atoms with Crippen molar-refractivity contribution >= 4 is 23.1 Å². The van der Waals surface area contributed by atoms with E-state index < -0.39 is 23.2 Å². The van der Waals surface area contributed by atoms with Crippen molar-refractivity contribution < 1.29 is 19.2 Å². The van der Waals surface area contributed by atoms with E-state index >= 15 is 0 Å². The van der Waals surface area contributed by atoms with Crippen LogP contribution in [0, 0.1) is 0 Å². The first-order chi connectivity index (χ1) is 10.0. The maximum Gasteiger partial charge on any atom is 0.326 e. The Morgan fingerprint density at radius 2 is 2.10 bits per heavy atom. The fraction of sp³-hybridized carbons (Fsp3) is 0.429. The molecule has 2 unspecified atom stereocenters. The molecule has 0 spiro atoms. The number of nitrogens with one attached hydrogen (secondary N) is 1. The standard InChI is InChI=1S/C9H13NOS.C5H7NO3/c10-6-7-12(11)8-9-4-2-1-3-5-9;7-4-2-1-3(6-4)5(8)9/h1-5H,6-8,10H2;3H,1-2H2,(H,6,7)(H,8,9). The lowest BCUT2D eigenvalue weighted by Gasteiger charge is -2.08. The van der Waals surface area contributed by atoms with Crippen molar-refractivity contribution in [3.63, 3.8) is 0 Å². The highest BCUT2D eigenvalue weighted by Crippen LogP contribution is 2.05. The van der Waals surface area contributed by atoms with Crippen LogP contribution in [-0.4, -0.2) is 39.9 Å². The maximum atomic E-state index is 11.2. The first-order valence-electron chi connectivity index (χ1n) is 6.64. The van der Waals surface area contributed by atoms with E-state index in [0.29, 0.717) is 30.9 Å². The predicted molar refractivity (Wildman–Crippen MR) is 81.0 cm³/mol. The normalized spacial score (nSPS) is 18.4. The van der Waals surface area contributed by atoms with Gasteiger partial charge in [0.05, 0.1) is 0 Å². The van der Waals surface area contributed by atoms with Gasteiger partial charge in [-0.3, -0.25) is 4.79 Å². The zero-order valence-electron chi connectivity index (χ0n) is 11.7. The van der Waals surface area contributed by atoms with Crippen molar-refractivity contribution in [2.45, 2.75) is 24.6 Å². The SMILES string of the molecule is NCC[S+]([O-])Cc1ccccc1.O=C1CCC(C(=O)O)N1. The molecule has 1 aliphatic rings. The highest BCUT2D eigenvalue weighted by Gasteiger charge is 2.26. The number of hydrogen-bond acceptors (Lipinski definition) is 4. The first-order valence-corrected chi connectivity index (χ1v) is 8.13. The average Bonchev–Trinajstić information content (AvgIpc) is 2.88. The minimum atomic E-state index is -0.944. The number of carboxylic acids is 1. The molecule has 1 heterocycles. The summed E-state index contributed by atoms with van der Waals surface area (Å²) < 4.78 is 11.2. The number of amides is 1. The van der Waals surface area contributed by atoms with Crippen LogP contribution in [0.25, 0.3) is 0 Å². The number of hydrogen-bond donors (Lipinski definition) is 3. The lowest BCUT2D eigenvalue weighted by Crippen LogP contribution is -2.32. The molecule has 116 valence electrons. The minimum Gasteiger partial charge on any atom is -0.616 e. The highest BCUT2D eigenvalue weighted by atomic mass is 32.2. The fourth-order valence-electron chi connectivity index (χ4n) is 1.76. The van der Waals surface area contributed by atoms with Crippen LogP contribution in [0.3, 0.4) is 0 Å². The molecule has 0 radical (unpaired) electrons. The molecule has 1 fully saturated rings. The number of rotatable bonds is 5. The summed E-state index contributed by atoms with van der Waals surface area (Å²) in [5.74, 6) is 0.107. The molecule has 1 aliphatic heterocycles. The number of aliphatic carboxylic acids is 1. The van der Waals surface area contributed by atoms with Gasteiger partial charge in [0.2, 0.25) is 5.91 Å². The Hall–Kier alpha value is -1.57. The summed E-state index contributed by atoms with van der Waals surface area (Å²) in [5, 5.41) is 10.6. The molecule has 0 bridgehead atoms. The van der Waals surface area contributed by atoms with Crippen LogP contribution in [0.15, 0.2) is 30.3 Å². The monoisotopic (exact) mass is 312 g/mol. The van der Waals surface area contributed by atoms with Crippen molar-refractivity contribution in [3.8, 4) is 0 Å². The van der Waals surface area contributed by atoms with E-state index in [1.54, 1.807) is 0 Å². The molecule has 2 atom stereocenters. The van der Waals surface area contributed by atoms with Crippen LogP contribution in [-0.2, 0) is 26.5 Å². The lowest BCUT2D eigenvalue weighted by molar-refractivity contribution is -0.140. The second kappa shape index (κ2) is 9.38. The van der Waals surface area contributed by atoms with Crippen LogP contribution in [0.5, 0.6) is 0 Å². The van der Waals surface area contributed by atoms with Crippen molar-refractivity contribution in [1.29, 1.82) is 0 Å². The second-order valence-corrected chi connectivity index (χ2v) is 6.14. The summed E-state index contributed by atoms with van der Waals surface area (Å²) in [6, 6.07) is 9.18. The summed E-state index contributed by atoms with van der Waals surface area (Å²) in [6.45, 7) is 0.499. The van der Waals surface area contributed by atoms with Gasteiger partial charge in [0.25, 0.3) is 0 Å². The van der Waals surface area contributed by atoms with Crippen LogP contribution < -0.4 is 11.1 Å². The van der Waals surface area contributed by atoms with Gasteiger partial charge in [-0.2, -0.15) is 0 Å². The van der Waals surface area contributed by atoms with E-state index in [4.69, 9.17) is 10.8 Å². The fourth-order valence-corrected chi connectivity index (χ4v) is 2.73. The van der Waals surface area contributed by atoms with Crippen LogP contribution in [0.2, 0.25) is 0 Å². The number of nitrogens with two attached hydrogens (primary N) is 1. The third kappa shape index (κ3) is 7.12. The van der Waals surface area contributed by atoms with Crippen LogP contribution in [0.1, 0.15) is 18.4 Å². The molecular weight excluding hydrogens is 292 g/mol. The number of carboxylic acid groups (broad SMARTS) is 1. The van der Waals surface area contributed by atoms with Crippen LogP contribution >= 0.6 is 0 Å². The van der Waals surface area contributed by atoms with Gasteiger partial charge in [-0.15, -0.1) is 0 Å². The molecule has 7 heteroatoms. The molecule has 0 saturated carbocycles. The predicted octanol–water partition coefficient (Wildman–Crippen LogP) is 0.244. The van der Waals surface area contributed by atoms with Crippen molar-refractivity contribution in [3.05, 3.63) is 35.9 Å². The van der Waals surface area contributed by atoms with Gasteiger partial charge in [-0.1, -0.05) is 30.3 Å². The summed E-state index contributed by atoms with van der Waals surface area (Å²) >= 11 is -0.796. The zero-order valence-corrected chi connectivity index (χ0v) is 12.5. The van der Waals surface area contributed by atoms with Crippen molar-refractivity contribution in [2.75, 3.05) is 12.3 Å².